The molecule has 14 heteroatoms. The van der Waals surface area contributed by atoms with Crippen molar-refractivity contribution in [2.75, 3.05) is 13.7 Å². The molecule has 1 aliphatic rings. The summed E-state index contributed by atoms with van der Waals surface area (Å²) in [4.78, 5) is 30.2. The molecule has 0 aromatic heterocycles. The molecule has 71 heavy (non-hydrogen) atoms. The minimum absolute atomic E-state index is 0.0357. The zero-order chi connectivity index (χ0) is 49.7. The number of carbonyl (C=O) groups excluding carboxylic acids is 2. The number of rotatable bonds is 19. The van der Waals surface area contributed by atoms with Crippen LogP contribution in [0.25, 0.3) is 11.1 Å². The first-order valence-electron chi connectivity index (χ1n) is 22.7. The monoisotopic (exact) mass is 960 g/mol. The fourth-order valence-corrected chi connectivity index (χ4v) is 8.00. The number of ether oxygens (including phenoxy) is 8. The van der Waals surface area contributed by atoms with Crippen molar-refractivity contribution in [3.05, 3.63) is 209 Å². The molecule has 4 N–H and O–H groups in total. The van der Waals surface area contributed by atoms with Crippen molar-refractivity contribution in [3.8, 4) is 51.4 Å². The van der Waals surface area contributed by atoms with Gasteiger partial charge < -0.3 is 58.3 Å². The second-order valence-electron chi connectivity index (χ2n) is 16.5. The molecule has 0 saturated heterocycles. The van der Waals surface area contributed by atoms with Gasteiger partial charge in [-0.1, -0.05) is 140 Å². The first-order valence-corrected chi connectivity index (χ1v) is 22.7. The Bertz CT molecular complexity index is 2890. The zero-order valence-corrected chi connectivity index (χ0v) is 38.7. The minimum atomic E-state index is -1.52. The number of hydrogen-bond donors (Lipinski definition) is 4. The van der Waals surface area contributed by atoms with Gasteiger partial charge in [0, 0.05) is 11.1 Å². The SMILES string of the molecule is C=C[C@@H]1OC(=O)c2cc(O)c(OCc3ccccc3)c(O)c2-c2c(cc(O)c(OCc3ccccc3)c2O)C(=O)O[C@H]([C@@H](COCc2ccccc2)OCc2ccc(OC)cc2)[C@@H]1OCc1ccccc1. The van der Waals surface area contributed by atoms with E-state index in [1.807, 2.05) is 60.7 Å². The number of methoxy groups -OCH3 is 1. The molecule has 8 rings (SSSR count). The first kappa shape index (κ1) is 49.1. The van der Waals surface area contributed by atoms with Crippen LogP contribution in [0.4, 0.5) is 0 Å². The molecule has 0 amide bonds. The quantitative estimate of drug-likeness (QED) is 0.0443. The third kappa shape index (κ3) is 11.9. The molecule has 0 fully saturated rings. The molecule has 0 aliphatic carbocycles. The van der Waals surface area contributed by atoms with Gasteiger partial charge in [-0.25, -0.2) is 9.59 Å². The van der Waals surface area contributed by atoms with Gasteiger partial charge in [0.05, 0.1) is 44.7 Å². The van der Waals surface area contributed by atoms with Crippen molar-refractivity contribution in [1.82, 2.24) is 0 Å². The third-order valence-corrected chi connectivity index (χ3v) is 11.6. The van der Waals surface area contributed by atoms with Crippen LogP contribution >= 0.6 is 0 Å². The van der Waals surface area contributed by atoms with Crippen molar-refractivity contribution in [3.63, 3.8) is 0 Å². The van der Waals surface area contributed by atoms with E-state index in [9.17, 15) is 25.2 Å². The fourth-order valence-electron chi connectivity index (χ4n) is 8.00. The highest BCUT2D eigenvalue weighted by Gasteiger charge is 2.44. The highest BCUT2D eigenvalue weighted by molar-refractivity contribution is 6.08. The zero-order valence-electron chi connectivity index (χ0n) is 38.7. The number of carbonyl (C=O) groups is 2. The highest BCUT2D eigenvalue weighted by atomic mass is 16.6. The smallest absolute Gasteiger partial charge is 0.339 e. The van der Waals surface area contributed by atoms with Crippen molar-refractivity contribution in [1.29, 1.82) is 0 Å². The maximum absolute atomic E-state index is 15.3. The molecule has 1 aliphatic heterocycles. The average Bonchev–Trinajstić information content (AvgIpc) is 3.41. The van der Waals surface area contributed by atoms with Gasteiger partial charge >= 0.3 is 11.9 Å². The maximum Gasteiger partial charge on any atom is 0.339 e. The van der Waals surface area contributed by atoms with E-state index in [0.717, 1.165) is 23.3 Å². The molecular formula is C57H52O14. The summed E-state index contributed by atoms with van der Waals surface area (Å²) in [5.41, 5.74) is 1.47. The summed E-state index contributed by atoms with van der Waals surface area (Å²) in [7, 11) is 1.55. The van der Waals surface area contributed by atoms with Crippen LogP contribution in [-0.4, -0.2) is 70.5 Å². The van der Waals surface area contributed by atoms with Gasteiger partial charge in [0.2, 0.25) is 11.5 Å². The minimum Gasteiger partial charge on any atom is -0.504 e. The van der Waals surface area contributed by atoms with E-state index in [4.69, 9.17) is 37.9 Å². The van der Waals surface area contributed by atoms with Crippen LogP contribution in [0.15, 0.2) is 170 Å². The Morgan fingerprint density at radius 1 is 0.563 bits per heavy atom. The van der Waals surface area contributed by atoms with Crippen molar-refractivity contribution in [2.45, 2.75) is 57.5 Å². The van der Waals surface area contributed by atoms with Gasteiger partial charge in [0.25, 0.3) is 0 Å². The van der Waals surface area contributed by atoms with E-state index in [1.54, 1.807) is 92.0 Å². The third-order valence-electron chi connectivity index (χ3n) is 11.6. The summed E-state index contributed by atoms with van der Waals surface area (Å²) in [6, 6.07) is 45.4. The summed E-state index contributed by atoms with van der Waals surface area (Å²) in [5.74, 6) is -5.84. The Hall–Kier alpha value is -8.30. The average molecular weight is 961 g/mol. The molecule has 7 aromatic rings. The molecule has 0 bridgehead atoms. The predicted molar refractivity (Wildman–Crippen MR) is 261 cm³/mol. The van der Waals surface area contributed by atoms with Crippen LogP contribution < -0.4 is 14.2 Å². The number of esters is 2. The Morgan fingerprint density at radius 3 is 1.46 bits per heavy atom. The van der Waals surface area contributed by atoms with Crippen LogP contribution in [0.1, 0.15) is 48.5 Å². The normalized spacial score (nSPS) is 16.0. The van der Waals surface area contributed by atoms with E-state index < -0.39 is 93.1 Å². The van der Waals surface area contributed by atoms with Crippen LogP contribution in [0.3, 0.4) is 0 Å². The van der Waals surface area contributed by atoms with Crippen LogP contribution in [0, 0.1) is 0 Å². The van der Waals surface area contributed by atoms with E-state index in [2.05, 4.69) is 6.58 Å². The molecule has 0 radical (unpaired) electrons. The standard InChI is InChI=1S/C57H52O14/c1-3-46-54(69-34-39-22-14-7-15-23-39)55(47(35-65-30-36-16-8-4-9-17-36)66-31-40-24-26-41(64-2)27-25-40)71-57(63)43-29-45(59)53(68-33-38-20-12-6-13-21-38)51(61)49(43)48-42(56(62)70-46)28-44(58)52(50(48)60)67-32-37-18-10-5-11-19-37/h3-29,46-47,54-55,58-61H,1,30-35H2,2H3/t46-,47+,54+,55+/m0/s1. The van der Waals surface area contributed by atoms with Crippen molar-refractivity contribution in [2.24, 2.45) is 0 Å². The number of fused-ring (bicyclic) bond motifs is 3. The second kappa shape index (κ2) is 23.3. The second-order valence-corrected chi connectivity index (χ2v) is 16.5. The molecule has 14 nitrogen and oxygen atoms in total. The fraction of sp³-hybridized carbons (Fsp3) is 0.193. The Balaban J connectivity index is 1.30. The van der Waals surface area contributed by atoms with E-state index >= 15 is 4.79 Å². The first-order chi connectivity index (χ1) is 34.6. The van der Waals surface area contributed by atoms with Crippen LogP contribution in [0.5, 0.6) is 40.2 Å². The number of benzene rings is 7. The number of aromatic hydroxyl groups is 4. The Labute approximate surface area is 410 Å². The molecule has 364 valence electrons. The van der Waals surface area contributed by atoms with Gasteiger partial charge in [0.15, 0.2) is 29.1 Å². The van der Waals surface area contributed by atoms with Gasteiger partial charge in [-0.15, -0.1) is 0 Å². The summed E-state index contributed by atoms with van der Waals surface area (Å²) in [5, 5.41) is 47.8. The topological polar surface area (TPSA) is 189 Å². The molecule has 0 unspecified atom stereocenters. The lowest BCUT2D eigenvalue weighted by Gasteiger charge is -2.36. The molecule has 4 atom stereocenters. The summed E-state index contributed by atoms with van der Waals surface area (Å²) in [6.07, 6.45) is -4.26. The van der Waals surface area contributed by atoms with E-state index in [-0.39, 0.29) is 39.6 Å². The number of phenolic OH excluding ortho intramolecular Hbond substituents is 4. The van der Waals surface area contributed by atoms with Gasteiger partial charge in [-0.05, 0) is 58.2 Å². The Kier molecular flexibility index (Phi) is 16.1. The molecule has 0 spiro atoms. The molecule has 1 heterocycles. The number of hydrogen-bond acceptors (Lipinski definition) is 14. The lowest BCUT2D eigenvalue weighted by Crippen LogP contribution is -2.51. The number of cyclic esters (lactones) is 2. The molecular weight excluding hydrogens is 909 g/mol. The summed E-state index contributed by atoms with van der Waals surface area (Å²) >= 11 is 0. The number of phenols is 4. The van der Waals surface area contributed by atoms with Crippen molar-refractivity contribution < 1.29 is 67.9 Å². The van der Waals surface area contributed by atoms with Gasteiger partial charge in [-0.3, -0.25) is 0 Å². The van der Waals surface area contributed by atoms with E-state index in [0.29, 0.717) is 22.4 Å². The lowest BCUT2D eigenvalue weighted by atomic mass is 9.91. The van der Waals surface area contributed by atoms with E-state index in [1.165, 1.54) is 6.08 Å². The molecule has 7 aromatic carbocycles. The van der Waals surface area contributed by atoms with Crippen LogP contribution in [-0.2, 0) is 56.7 Å². The predicted octanol–water partition coefficient (Wildman–Crippen LogP) is 9.98. The lowest BCUT2D eigenvalue weighted by molar-refractivity contribution is -0.164. The summed E-state index contributed by atoms with van der Waals surface area (Å²) in [6.45, 7) is 3.47. The largest absolute Gasteiger partial charge is 0.504 e. The van der Waals surface area contributed by atoms with Crippen molar-refractivity contribution >= 4 is 11.9 Å². The van der Waals surface area contributed by atoms with Gasteiger partial charge in [-0.2, -0.15) is 0 Å². The summed E-state index contributed by atoms with van der Waals surface area (Å²) < 4.78 is 49.6. The molecule has 0 saturated carbocycles. The van der Waals surface area contributed by atoms with Crippen LogP contribution in [0.2, 0.25) is 0 Å². The maximum atomic E-state index is 15.3. The highest BCUT2D eigenvalue weighted by Crippen LogP contribution is 2.54. The van der Waals surface area contributed by atoms with Gasteiger partial charge in [0.1, 0.15) is 37.3 Å². The Morgan fingerprint density at radius 2 is 1.00 bits per heavy atom.